The second kappa shape index (κ2) is 9.07. The van der Waals surface area contributed by atoms with Crippen LogP contribution in [0, 0.1) is 13.8 Å². The molecule has 0 spiro atoms. The molecule has 1 unspecified atom stereocenters. The summed E-state index contributed by atoms with van der Waals surface area (Å²) in [5, 5.41) is 0. The highest BCUT2D eigenvalue weighted by molar-refractivity contribution is 9.10. The first kappa shape index (κ1) is 20.2. The molecule has 0 aliphatic carbocycles. The van der Waals surface area contributed by atoms with E-state index in [1.54, 1.807) is 0 Å². The van der Waals surface area contributed by atoms with Crippen LogP contribution in [-0.4, -0.2) is 0 Å². The van der Waals surface area contributed by atoms with Gasteiger partial charge in [-0.3, -0.25) is 0 Å². The molecule has 0 aliphatic rings. The Kier molecular flexibility index (Phi) is 6.53. The Morgan fingerprint density at radius 1 is 0.964 bits per heavy atom. The summed E-state index contributed by atoms with van der Waals surface area (Å²) in [4.78, 5) is 0. The van der Waals surface area contributed by atoms with Crippen molar-refractivity contribution in [3.8, 4) is 16.9 Å². The average molecular weight is 433 g/mol. The van der Waals surface area contributed by atoms with E-state index in [2.05, 4.69) is 85.4 Å². The van der Waals surface area contributed by atoms with E-state index in [9.17, 15) is 0 Å². The van der Waals surface area contributed by atoms with Crippen LogP contribution in [0.3, 0.4) is 0 Å². The first-order valence-corrected chi connectivity index (χ1v) is 10.2. The zero-order chi connectivity index (χ0) is 20.1. The molecule has 28 heavy (non-hydrogen) atoms. The summed E-state index contributed by atoms with van der Waals surface area (Å²) in [5.74, 6) is 0.822. The van der Waals surface area contributed by atoms with Gasteiger partial charge in [-0.25, -0.2) is 0 Å². The fourth-order valence-electron chi connectivity index (χ4n) is 3.51. The van der Waals surface area contributed by atoms with Gasteiger partial charge < -0.3 is 4.74 Å². The standard InChI is InChI=1S/C26H25BrO/c1-5-9-24(28-25-15-14-23(27)17-20(25)6-2)21-12-8-13-22(16-21)26-18(3)10-7-11-19(26)4/h5-8,10-17,24H,1-2,9H2,3-4H3. The monoisotopic (exact) mass is 432 g/mol. The van der Waals surface area contributed by atoms with E-state index in [4.69, 9.17) is 4.74 Å². The van der Waals surface area contributed by atoms with Gasteiger partial charge in [0, 0.05) is 16.5 Å². The van der Waals surface area contributed by atoms with Crippen molar-refractivity contribution in [1.82, 2.24) is 0 Å². The molecule has 0 amide bonds. The van der Waals surface area contributed by atoms with Gasteiger partial charge in [-0.2, -0.15) is 0 Å². The third-order valence-corrected chi connectivity index (χ3v) is 5.36. The molecule has 0 aliphatic heterocycles. The minimum atomic E-state index is -0.110. The lowest BCUT2D eigenvalue weighted by Crippen LogP contribution is -2.08. The Labute approximate surface area is 176 Å². The number of hydrogen-bond acceptors (Lipinski definition) is 1. The number of ether oxygens (including phenoxy) is 1. The van der Waals surface area contributed by atoms with Crippen molar-refractivity contribution >= 4 is 22.0 Å². The van der Waals surface area contributed by atoms with Crippen LogP contribution < -0.4 is 4.74 Å². The summed E-state index contributed by atoms with van der Waals surface area (Å²) in [5.41, 5.74) is 7.16. The summed E-state index contributed by atoms with van der Waals surface area (Å²) >= 11 is 3.51. The molecule has 142 valence electrons. The lowest BCUT2D eigenvalue weighted by molar-refractivity contribution is 0.209. The molecule has 0 saturated heterocycles. The molecule has 1 atom stereocenters. The maximum Gasteiger partial charge on any atom is 0.127 e. The lowest BCUT2D eigenvalue weighted by Gasteiger charge is -2.21. The summed E-state index contributed by atoms with van der Waals surface area (Å²) in [6, 6.07) is 21.0. The van der Waals surface area contributed by atoms with Gasteiger partial charge >= 0.3 is 0 Å². The molecule has 3 aromatic carbocycles. The first-order valence-electron chi connectivity index (χ1n) is 9.39. The Bertz CT molecular complexity index is 983. The van der Waals surface area contributed by atoms with Crippen molar-refractivity contribution in [2.45, 2.75) is 26.4 Å². The maximum absolute atomic E-state index is 6.41. The topological polar surface area (TPSA) is 9.23 Å². The van der Waals surface area contributed by atoms with Crippen LogP contribution >= 0.6 is 15.9 Å². The van der Waals surface area contributed by atoms with Crippen LogP contribution in [0.5, 0.6) is 5.75 Å². The van der Waals surface area contributed by atoms with E-state index >= 15 is 0 Å². The van der Waals surface area contributed by atoms with Gasteiger partial charge in [0.15, 0.2) is 0 Å². The van der Waals surface area contributed by atoms with Crippen molar-refractivity contribution in [2.24, 2.45) is 0 Å². The van der Waals surface area contributed by atoms with Gasteiger partial charge in [0.2, 0.25) is 0 Å². The van der Waals surface area contributed by atoms with Crippen LogP contribution in [0.2, 0.25) is 0 Å². The number of halogens is 1. The molecule has 0 N–H and O–H groups in total. The van der Waals surface area contributed by atoms with Crippen LogP contribution in [0.25, 0.3) is 17.2 Å². The highest BCUT2D eigenvalue weighted by atomic mass is 79.9. The van der Waals surface area contributed by atoms with Crippen molar-refractivity contribution < 1.29 is 4.74 Å². The Morgan fingerprint density at radius 2 is 1.68 bits per heavy atom. The summed E-state index contributed by atoms with van der Waals surface area (Å²) in [7, 11) is 0. The SMILES string of the molecule is C=CCC(Oc1ccc(Br)cc1C=C)c1cccc(-c2c(C)cccc2C)c1. The van der Waals surface area contributed by atoms with Crippen LogP contribution in [-0.2, 0) is 0 Å². The molecule has 1 nitrogen and oxygen atoms in total. The highest BCUT2D eigenvalue weighted by Crippen LogP contribution is 2.33. The molecule has 0 heterocycles. The Balaban J connectivity index is 2.00. The Hall–Kier alpha value is -2.58. The molecule has 0 aromatic heterocycles. The van der Waals surface area contributed by atoms with Crippen LogP contribution in [0.4, 0.5) is 0 Å². The highest BCUT2D eigenvalue weighted by Gasteiger charge is 2.15. The Morgan fingerprint density at radius 3 is 2.36 bits per heavy atom. The normalized spacial score (nSPS) is 11.7. The third-order valence-electron chi connectivity index (χ3n) is 4.87. The molecule has 0 radical (unpaired) electrons. The van der Waals surface area contributed by atoms with Crippen LogP contribution in [0.15, 0.2) is 84.4 Å². The fraction of sp³-hybridized carbons (Fsp3) is 0.154. The second-order valence-electron chi connectivity index (χ2n) is 6.91. The van der Waals surface area contributed by atoms with Crippen molar-refractivity contribution in [2.75, 3.05) is 0 Å². The van der Waals surface area contributed by atoms with E-state index in [-0.39, 0.29) is 6.10 Å². The molecule has 3 aromatic rings. The van der Waals surface area contributed by atoms with E-state index < -0.39 is 0 Å². The molecule has 0 bridgehead atoms. The largest absolute Gasteiger partial charge is 0.485 e. The lowest BCUT2D eigenvalue weighted by atomic mass is 9.93. The van der Waals surface area contributed by atoms with Crippen LogP contribution in [0.1, 0.15) is 34.8 Å². The van der Waals surface area contributed by atoms with Gasteiger partial charge in [-0.1, -0.05) is 71.1 Å². The molecule has 0 fully saturated rings. The van der Waals surface area contributed by atoms with Gasteiger partial charge in [-0.15, -0.1) is 6.58 Å². The van der Waals surface area contributed by atoms with E-state index in [0.29, 0.717) is 0 Å². The van der Waals surface area contributed by atoms with Crippen molar-refractivity contribution in [1.29, 1.82) is 0 Å². The fourth-order valence-corrected chi connectivity index (χ4v) is 3.89. The summed E-state index contributed by atoms with van der Waals surface area (Å²) in [6.07, 6.45) is 4.34. The number of rotatable bonds is 7. The minimum absolute atomic E-state index is 0.110. The minimum Gasteiger partial charge on any atom is -0.485 e. The van der Waals surface area contributed by atoms with Gasteiger partial charge in [0.1, 0.15) is 11.9 Å². The zero-order valence-corrected chi connectivity index (χ0v) is 18.0. The van der Waals surface area contributed by atoms with E-state index in [1.807, 2.05) is 30.4 Å². The summed E-state index contributed by atoms with van der Waals surface area (Å²) < 4.78 is 7.41. The predicted molar refractivity (Wildman–Crippen MR) is 124 cm³/mol. The van der Waals surface area contributed by atoms with Gasteiger partial charge in [0.25, 0.3) is 0 Å². The second-order valence-corrected chi connectivity index (χ2v) is 7.83. The third kappa shape index (κ3) is 4.45. The smallest absolute Gasteiger partial charge is 0.127 e. The van der Waals surface area contributed by atoms with Gasteiger partial charge in [-0.05, 0) is 65.9 Å². The number of hydrogen-bond donors (Lipinski definition) is 0. The molecule has 0 saturated carbocycles. The predicted octanol–water partition coefficient (Wildman–Crippen LogP) is 8.07. The van der Waals surface area contributed by atoms with E-state index in [1.165, 1.54) is 22.3 Å². The maximum atomic E-state index is 6.41. The molecular formula is C26H25BrO. The molecular weight excluding hydrogens is 408 g/mol. The molecule has 3 rings (SSSR count). The van der Waals surface area contributed by atoms with Crippen molar-refractivity contribution in [3.05, 3.63) is 107 Å². The molecule has 2 heteroatoms. The quantitative estimate of drug-likeness (QED) is 0.342. The average Bonchev–Trinajstić information content (AvgIpc) is 2.69. The number of aryl methyl sites for hydroxylation is 2. The van der Waals surface area contributed by atoms with Gasteiger partial charge in [0.05, 0.1) is 0 Å². The van der Waals surface area contributed by atoms with Crippen molar-refractivity contribution in [3.63, 3.8) is 0 Å². The number of benzene rings is 3. The van der Waals surface area contributed by atoms with E-state index in [0.717, 1.165) is 27.8 Å². The zero-order valence-electron chi connectivity index (χ0n) is 16.4. The first-order chi connectivity index (χ1) is 13.5. The summed E-state index contributed by atoms with van der Waals surface area (Å²) in [6.45, 7) is 12.2.